The van der Waals surface area contributed by atoms with Crippen molar-refractivity contribution in [1.82, 2.24) is 0 Å². The van der Waals surface area contributed by atoms with Crippen LogP contribution in [-0.2, 0) is 52.2 Å². The highest BCUT2D eigenvalue weighted by atomic mass is 16.6. The van der Waals surface area contributed by atoms with Crippen LogP contribution in [0.4, 0.5) is 0 Å². The average Bonchev–Trinajstić information content (AvgIpc) is 3.05. The number of benzene rings is 1. The molecule has 16 nitrogen and oxygen atoms in total. The van der Waals surface area contributed by atoms with E-state index in [9.17, 15) is 4.79 Å². The molecule has 0 unspecified atom stereocenters. The summed E-state index contributed by atoms with van der Waals surface area (Å²) in [5.41, 5.74) is 7.64. The van der Waals surface area contributed by atoms with Crippen molar-refractivity contribution in [3.63, 3.8) is 0 Å². The molecule has 48 heavy (non-hydrogen) atoms. The van der Waals surface area contributed by atoms with Crippen LogP contribution >= 0.6 is 0 Å². The molecule has 0 saturated heterocycles. The van der Waals surface area contributed by atoms with Crippen LogP contribution in [0, 0.1) is 0 Å². The summed E-state index contributed by atoms with van der Waals surface area (Å²) in [6, 6.07) is 7.37. The van der Waals surface area contributed by atoms with E-state index >= 15 is 0 Å². The molecule has 1 rings (SSSR count). The van der Waals surface area contributed by atoms with Gasteiger partial charge in [0.1, 0.15) is 36.9 Å². The second-order valence-corrected chi connectivity index (χ2v) is 10.7. The number of carbonyl (C=O) groups excluding carboxylic acids is 1. The molecule has 0 bridgehead atoms. The van der Waals surface area contributed by atoms with Crippen LogP contribution in [0.1, 0.15) is 20.8 Å². The summed E-state index contributed by atoms with van der Waals surface area (Å²) in [5, 5.41) is 3.38. The Morgan fingerprint density at radius 2 is 0.854 bits per heavy atom. The second kappa shape index (κ2) is 31.5. The van der Waals surface area contributed by atoms with Crippen LogP contribution in [0.5, 0.6) is 11.5 Å². The van der Waals surface area contributed by atoms with Crippen LogP contribution in [0.2, 0.25) is 0 Å². The standard InChI is InChI=1S/C32H55N3O13/c1-32(2,3)48-31(36)28-45-23-22-42-17-16-39-14-15-41-19-21-44-25-27-47-30-6-4-29(5-7-30)46-26-24-43-20-18-40-13-12-38-11-10-37-9-8-34-35-33/h4-7H,8-28H2,1-3H3. The predicted octanol–water partition coefficient (Wildman–Crippen LogP) is 3.25. The summed E-state index contributed by atoms with van der Waals surface area (Å²) in [6.45, 7) is 14.0. The maximum atomic E-state index is 11.5. The van der Waals surface area contributed by atoms with E-state index in [4.69, 9.17) is 62.4 Å². The van der Waals surface area contributed by atoms with Crippen molar-refractivity contribution < 1.29 is 61.6 Å². The molecule has 0 amide bonds. The maximum absolute atomic E-state index is 11.5. The summed E-state index contributed by atoms with van der Waals surface area (Å²) in [6.07, 6.45) is 0. The van der Waals surface area contributed by atoms with E-state index in [1.54, 1.807) is 0 Å². The van der Waals surface area contributed by atoms with Gasteiger partial charge in [-0.25, -0.2) is 4.79 Å². The number of nitrogens with zero attached hydrogens (tertiary/aromatic N) is 3. The topological polar surface area (TPSA) is 177 Å². The zero-order valence-electron chi connectivity index (χ0n) is 28.8. The lowest BCUT2D eigenvalue weighted by Gasteiger charge is -2.19. The highest BCUT2D eigenvalue weighted by Crippen LogP contribution is 2.17. The van der Waals surface area contributed by atoms with Crippen LogP contribution < -0.4 is 9.47 Å². The fourth-order valence-corrected chi connectivity index (χ4v) is 3.39. The third-order valence-corrected chi connectivity index (χ3v) is 5.46. The third kappa shape index (κ3) is 30.6. The van der Waals surface area contributed by atoms with Crippen LogP contribution in [0.25, 0.3) is 10.4 Å². The Bertz CT molecular complexity index is 929. The molecule has 0 spiro atoms. The molecule has 0 atom stereocenters. The Hall–Kier alpha value is -2.76. The highest BCUT2D eigenvalue weighted by Gasteiger charge is 2.15. The first-order valence-corrected chi connectivity index (χ1v) is 16.2. The minimum atomic E-state index is -0.517. The van der Waals surface area contributed by atoms with Crippen molar-refractivity contribution in [3.8, 4) is 11.5 Å². The third-order valence-electron chi connectivity index (χ3n) is 5.46. The molecule has 0 aliphatic heterocycles. The SMILES string of the molecule is CC(C)(C)OC(=O)COCCOCCOCCOCCOCCOc1ccc(OCCOCCOCCOCCOCCN=[N+]=[N-])cc1. The van der Waals surface area contributed by atoms with Crippen molar-refractivity contribution in [2.45, 2.75) is 26.4 Å². The maximum Gasteiger partial charge on any atom is 0.332 e. The Morgan fingerprint density at radius 1 is 0.542 bits per heavy atom. The van der Waals surface area contributed by atoms with E-state index in [0.717, 1.165) is 11.5 Å². The predicted molar refractivity (Wildman–Crippen MR) is 175 cm³/mol. The highest BCUT2D eigenvalue weighted by molar-refractivity contribution is 5.71. The molecule has 1 aromatic carbocycles. The number of esters is 1. The van der Waals surface area contributed by atoms with E-state index in [1.165, 1.54) is 0 Å². The van der Waals surface area contributed by atoms with Crippen molar-refractivity contribution in [3.05, 3.63) is 34.7 Å². The van der Waals surface area contributed by atoms with Crippen LogP contribution in [-0.4, -0.2) is 150 Å². The van der Waals surface area contributed by atoms with Gasteiger partial charge in [-0.1, -0.05) is 5.11 Å². The molecule has 0 aromatic heterocycles. The van der Waals surface area contributed by atoms with Crippen molar-refractivity contribution >= 4 is 5.97 Å². The van der Waals surface area contributed by atoms with Gasteiger partial charge in [-0.15, -0.1) is 0 Å². The fraction of sp³-hybridized carbons (Fsp3) is 0.781. The smallest absolute Gasteiger partial charge is 0.332 e. The molecule has 0 fully saturated rings. The van der Waals surface area contributed by atoms with E-state index < -0.39 is 11.6 Å². The van der Waals surface area contributed by atoms with Gasteiger partial charge in [0.25, 0.3) is 0 Å². The lowest BCUT2D eigenvalue weighted by atomic mass is 10.2. The van der Waals surface area contributed by atoms with E-state index in [0.29, 0.717) is 132 Å². The average molecular weight is 690 g/mol. The molecule has 0 aliphatic carbocycles. The molecule has 16 heteroatoms. The number of hydrogen-bond donors (Lipinski definition) is 0. The van der Waals surface area contributed by atoms with Gasteiger partial charge in [-0.05, 0) is 50.6 Å². The van der Waals surface area contributed by atoms with E-state index in [2.05, 4.69) is 10.0 Å². The van der Waals surface area contributed by atoms with Gasteiger partial charge in [0.15, 0.2) is 0 Å². The number of azide groups is 1. The van der Waals surface area contributed by atoms with Crippen molar-refractivity contribution in [2.75, 3.05) is 139 Å². The molecule has 1 aromatic rings. The second-order valence-electron chi connectivity index (χ2n) is 10.7. The normalized spacial score (nSPS) is 11.3. The molecular formula is C32H55N3O13. The lowest BCUT2D eigenvalue weighted by Crippen LogP contribution is -2.27. The fourth-order valence-electron chi connectivity index (χ4n) is 3.39. The number of hydrogen-bond acceptors (Lipinski definition) is 14. The van der Waals surface area contributed by atoms with Gasteiger partial charge in [0.2, 0.25) is 0 Å². The minimum absolute atomic E-state index is 0.0892. The van der Waals surface area contributed by atoms with E-state index in [1.807, 2.05) is 45.0 Å². The zero-order chi connectivity index (χ0) is 34.8. The summed E-state index contributed by atoms with van der Waals surface area (Å²) in [5.74, 6) is 1.07. The van der Waals surface area contributed by atoms with Crippen molar-refractivity contribution in [1.29, 1.82) is 0 Å². The first kappa shape index (κ1) is 43.3. The van der Waals surface area contributed by atoms with Gasteiger partial charge < -0.3 is 56.8 Å². The quantitative estimate of drug-likeness (QED) is 0.0339. The summed E-state index contributed by atoms with van der Waals surface area (Å²) in [7, 11) is 0. The van der Waals surface area contributed by atoms with Crippen LogP contribution in [0.3, 0.4) is 0 Å². The monoisotopic (exact) mass is 689 g/mol. The Labute approximate surface area is 284 Å². The molecule has 0 N–H and O–H groups in total. The number of rotatable bonds is 34. The summed E-state index contributed by atoms with van der Waals surface area (Å²) < 4.78 is 65.1. The minimum Gasteiger partial charge on any atom is -0.491 e. The molecule has 0 heterocycles. The number of ether oxygens (including phenoxy) is 12. The molecule has 276 valence electrons. The molecular weight excluding hydrogens is 634 g/mol. The molecule has 0 radical (unpaired) electrons. The van der Waals surface area contributed by atoms with E-state index in [-0.39, 0.29) is 6.61 Å². The Balaban J connectivity index is 1.81. The van der Waals surface area contributed by atoms with Gasteiger partial charge >= 0.3 is 5.97 Å². The summed E-state index contributed by atoms with van der Waals surface area (Å²) in [4.78, 5) is 14.2. The van der Waals surface area contributed by atoms with Gasteiger partial charge in [0.05, 0.1) is 112 Å². The Kier molecular flexibility index (Phi) is 28.4. The van der Waals surface area contributed by atoms with Gasteiger partial charge in [-0.2, -0.15) is 0 Å². The summed E-state index contributed by atoms with van der Waals surface area (Å²) >= 11 is 0. The number of carbonyl (C=O) groups is 1. The first-order chi connectivity index (χ1) is 23.4. The van der Waals surface area contributed by atoms with Gasteiger partial charge in [-0.3, -0.25) is 0 Å². The van der Waals surface area contributed by atoms with Gasteiger partial charge in [0, 0.05) is 11.5 Å². The van der Waals surface area contributed by atoms with Crippen LogP contribution in [0.15, 0.2) is 29.4 Å². The Morgan fingerprint density at radius 3 is 1.19 bits per heavy atom. The molecule has 0 aliphatic rings. The van der Waals surface area contributed by atoms with Crippen molar-refractivity contribution in [2.24, 2.45) is 5.11 Å². The zero-order valence-corrected chi connectivity index (χ0v) is 28.8. The first-order valence-electron chi connectivity index (χ1n) is 16.2. The molecule has 0 saturated carbocycles. The largest absolute Gasteiger partial charge is 0.491 e. The lowest BCUT2D eigenvalue weighted by molar-refractivity contribution is -0.160.